The lowest BCUT2D eigenvalue weighted by atomic mass is 10.0. The number of nitrogens with one attached hydrogen (secondary N) is 1. The van der Waals surface area contributed by atoms with Crippen LogP contribution in [0.1, 0.15) is 20.3 Å². The molecule has 15 heavy (non-hydrogen) atoms. The summed E-state index contributed by atoms with van der Waals surface area (Å²) in [5.74, 6) is -0.231. The Morgan fingerprint density at radius 3 is 2.80 bits per heavy atom. The molecule has 1 heterocycles. The number of aliphatic hydroxyl groups is 1. The van der Waals surface area contributed by atoms with Crippen molar-refractivity contribution in [2.75, 3.05) is 26.9 Å². The summed E-state index contributed by atoms with van der Waals surface area (Å²) >= 11 is 0. The van der Waals surface area contributed by atoms with E-state index in [1.54, 1.807) is 13.8 Å². The van der Waals surface area contributed by atoms with E-state index in [0.717, 1.165) is 0 Å². The molecule has 0 aromatic rings. The molecule has 5 nitrogen and oxygen atoms in total. The van der Waals surface area contributed by atoms with E-state index in [1.807, 2.05) is 0 Å². The summed E-state index contributed by atoms with van der Waals surface area (Å²) in [5.41, 5.74) is -1.78. The molecule has 88 valence electrons. The van der Waals surface area contributed by atoms with E-state index in [4.69, 9.17) is 9.47 Å². The molecule has 0 saturated carbocycles. The minimum atomic E-state index is -0.917. The molecule has 1 saturated heterocycles. The minimum absolute atomic E-state index is 0.207. The lowest BCUT2D eigenvalue weighted by Gasteiger charge is -2.26. The molecule has 0 spiro atoms. The van der Waals surface area contributed by atoms with Crippen LogP contribution in [0.15, 0.2) is 0 Å². The number of hydrogen-bond donors (Lipinski definition) is 2. The van der Waals surface area contributed by atoms with Crippen molar-refractivity contribution in [3.05, 3.63) is 0 Å². The van der Waals surface area contributed by atoms with Gasteiger partial charge < -0.3 is 19.9 Å². The molecule has 1 unspecified atom stereocenters. The second-order valence-corrected chi connectivity index (χ2v) is 4.42. The van der Waals surface area contributed by atoms with Crippen LogP contribution in [0.4, 0.5) is 0 Å². The van der Waals surface area contributed by atoms with Crippen LogP contribution in [0.2, 0.25) is 0 Å². The molecule has 1 amide bonds. The molecule has 1 aliphatic heterocycles. The third-order valence-corrected chi connectivity index (χ3v) is 2.72. The van der Waals surface area contributed by atoms with Gasteiger partial charge in [0.15, 0.2) is 0 Å². The third-order valence-electron chi connectivity index (χ3n) is 2.72. The highest BCUT2D eigenvalue weighted by atomic mass is 16.5. The molecule has 0 aromatic carbocycles. The normalized spacial score (nSPS) is 26.7. The summed E-state index contributed by atoms with van der Waals surface area (Å²) in [6.45, 7) is 4.38. The second kappa shape index (κ2) is 4.47. The van der Waals surface area contributed by atoms with E-state index in [9.17, 15) is 9.90 Å². The first-order chi connectivity index (χ1) is 6.90. The lowest BCUT2D eigenvalue weighted by Crippen LogP contribution is -2.50. The van der Waals surface area contributed by atoms with Crippen molar-refractivity contribution in [2.24, 2.45) is 0 Å². The molecule has 1 fully saturated rings. The van der Waals surface area contributed by atoms with Gasteiger partial charge in [0.1, 0.15) is 11.2 Å². The van der Waals surface area contributed by atoms with Crippen LogP contribution < -0.4 is 5.32 Å². The Kier molecular flexibility index (Phi) is 3.70. The summed E-state index contributed by atoms with van der Waals surface area (Å²) in [6, 6.07) is 0. The van der Waals surface area contributed by atoms with Crippen molar-refractivity contribution in [3.63, 3.8) is 0 Å². The van der Waals surface area contributed by atoms with Gasteiger partial charge in [0.25, 0.3) is 5.91 Å². The standard InChI is InChI=1S/C10H19NO4/c1-9(2,14-3)8(12)11-6-10(13)4-5-15-7-10/h13H,4-7H2,1-3H3,(H,11,12). The van der Waals surface area contributed by atoms with E-state index >= 15 is 0 Å². The first-order valence-electron chi connectivity index (χ1n) is 5.03. The molecule has 0 radical (unpaired) electrons. The average Bonchev–Trinajstić information content (AvgIpc) is 2.62. The van der Waals surface area contributed by atoms with E-state index in [0.29, 0.717) is 13.0 Å². The molecule has 0 aromatic heterocycles. The molecule has 2 N–H and O–H groups in total. The van der Waals surface area contributed by atoms with Crippen molar-refractivity contribution >= 4 is 5.91 Å². The van der Waals surface area contributed by atoms with Gasteiger partial charge in [-0.2, -0.15) is 0 Å². The maximum Gasteiger partial charge on any atom is 0.251 e. The van der Waals surface area contributed by atoms with Gasteiger partial charge in [-0.15, -0.1) is 0 Å². The van der Waals surface area contributed by atoms with Crippen molar-refractivity contribution in [1.29, 1.82) is 0 Å². The first-order valence-corrected chi connectivity index (χ1v) is 5.03. The molecule has 1 aliphatic rings. The molecule has 1 atom stereocenters. The topological polar surface area (TPSA) is 67.8 Å². The summed E-state index contributed by atoms with van der Waals surface area (Å²) in [5, 5.41) is 12.6. The van der Waals surface area contributed by atoms with Crippen LogP contribution in [-0.2, 0) is 14.3 Å². The van der Waals surface area contributed by atoms with Gasteiger partial charge in [-0.05, 0) is 13.8 Å². The lowest BCUT2D eigenvalue weighted by molar-refractivity contribution is -0.140. The molecular formula is C10H19NO4. The van der Waals surface area contributed by atoms with Gasteiger partial charge in [0.2, 0.25) is 0 Å². The second-order valence-electron chi connectivity index (χ2n) is 4.42. The average molecular weight is 217 g/mol. The zero-order valence-corrected chi connectivity index (χ0v) is 9.50. The number of carbonyl (C=O) groups is 1. The quantitative estimate of drug-likeness (QED) is 0.677. The molecule has 5 heteroatoms. The van der Waals surface area contributed by atoms with Crippen molar-refractivity contribution in [2.45, 2.75) is 31.5 Å². The SMILES string of the molecule is COC(C)(C)C(=O)NCC1(O)CCOC1. The van der Waals surface area contributed by atoms with Crippen LogP contribution >= 0.6 is 0 Å². The fourth-order valence-electron chi connectivity index (χ4n) is 1.29. The van der Waals surface area contributed by atoms with Gasteiger partial charge in [-0.3, -0.25) is 4.79 Å². The minimum Gasteiger partial charge on any atom is -0.386 e. The third kappa shape index (κ3) is 3.15. The van der Waals surface area contributed by atoms with Gasteiger partial charge in [-0.25, -0.2) is 0 Å². The van der Waals surface area contributed by atoms with Crippen LogP contribution in [0, 0.1) is 0 Å². The van der Waals surface area contributed by atoms with Gasteiger partial charge in [-0.1, -0.05) is 0 Å². The number of methoxy groups -OCH3 is 1. The first kappa shape index (κ1) is 12.4. The number of ether oxygens (including phenoxy) is 2. The Bertz CT molecular complexity index is 234. The van der Waals surface area contributed by atoms with E-state index in [1.165, 1.54) is 7.11 Å². The zero-order valence-electron chi connectivity index (χ0n) is 9.50. The molecule has 0 aliphatic carbocycles. The van der Waals surface area contributed by atoms with Crippen LogP contribution in [0.25, 0.3) is 0 Å². The molecule has 0 bridgehead atoms. The highest BCUT2D eigenvalue weighted by Gasteiger charge is 2.35. The fraction of sp³-hybridized carbons (Fsp3) is 0.900. The Hall–Kier alpha value is -0.650. The van der Waals surface area contributed by atoms with E-state index < -0.39 is 11.2 Å². The number of carbonyl (C=O) groups excluding carboxylic acids is 1. The smallest absolute Gasteiger partial charge is 0.251 e. The van der Waals surface area contributed by atoms with Crippen molar-refractivity contribution in [3.8, 4) is 0 Å². The summed E-state index contributed by atoms with van der Waals surface area (Å²) in [7, 11) is 1.48. The van der Waals surface area contributed by atoms with E-state index in [2.05, 4.69) is 5.32 Å². The maximum atomic E-state index is 11.6. The van der Waals surface area contributed by atoms with Gasteiger partial charge >= 0.3 is 0 Å². The molecule has 1 rings (SSSR count). The summed E-state index contributed by atoms with van der Waals surface area (Å²) in [4.78, 5) is 11.6. The molecular weight excluding hydrogens is 198 g/mol. The summed E-state index contributed by atoms with van der Waals surface area (Å²) in [6.07, 6.45) is 0.556. The van der Waals surface area contributed by atoms with Crippen LogP contribution in [-0.4, -0.2) is 49.1 Å². The predicted octanol–water partition coefficient (Wildman–Crippen LogP) is -0.321. The summed E-state index contributed by atoms with van der Waals surface area (Å²) < 4.78 is 10.1. The maximum absolute atomic E-state index is 11.6. The monoisotopic (exact) mass is 217 g/mol. The predicted molar refractivity (Wildman–Crippen MR) is 54.5 cm³/mol. The Morgan fingerprint density at radius 1 is 1.67 bits per heavy atom. The zero-order chi connectivity index (χ0) is 11.5. The highest BCUT2D eigenvalue weighted by Crippen LogP contribution is 2.17. The van der Waals surface area contributed by atoms with Crippen molar-refractivity contribution < 1.29 is 19.4 Å². The van der Waals surface area contributed by atoms with Gasteiger partial charge in [0, 0.05) is 26.7 Å². The fourth-order valence-corrected chi connectivity index (χ4v) is 1.29. The highest BCUT2D eigenvalue weighted by molar-refractivity contribution is 5.84. The number of rotatable bonds is 4. The van der Waals surface area contributed by atoms with E-state index in [-0.39, 0.29) is 19.1 Å². The Balaban J connectivity index is 2.40. The van der Waals surface area contributed by atoms with Gasteiger partial charge in [0.05, 0.1) is 6.61 Å². The Labute approximate surface area is 89.8 Å². The Morgan fingerprint density at radius 2 is 2.33 bits per heavy atom. The number of hydrogen-bond acceptors (Lipinski definition) is 4. The van der Waals surface area contributed by atoms with Crippen LogP contribution in [0.3, 0.4) is 0 Å². The largest absolute Gasteiger partial charge is 0.386 e. The number of amides is 1. The van der Waals surface area contributed by atoms with Crippen molar-refractivity contribution in [1.82, 2.24) is 5.32 Å². The van der Waals surface area contributed by atoms with Crippen LogP contribution in [0.5, 0.6) is 0 Å².